The van der Waals surface area contributed by atoms with Crippen molar-refractivity contribution in [3.05, 3.63) is 29.6 Å². The van der Waals surface area contributed by atoms with Crippen molar-refractivity contribution in [1.82, 2.24) is 10.3 Å². The van der Waals surface area contributed by atoms with Gasteiger partial charge in [-0.25, -0.2) is 4.79 Å². The van der Waals surface area contributed by atoms with Gasteiger partial charge in [0.1, 0.15) is 0 Å². The van der Waals surface area contributed by atoms with Crippen LogP contribution in [0.4, 0.5) is 0 Å². The van der Waals surface area contributed by atoms with Crippen molar-refractivity contribution in [1.29, 1.82) is 0 Å². The van der Waals surface area contributed by atoms with Crippen LogP contribution < -0.4 is 5.32 Å². The van der Waals surface area contributed by atoms with E-state index in [1.54, 1.807) is 12.3 Å². The Kier molecular flexibility index (Phi) is 11.4. The van der Waals surface area contributed by atoms with Gasteiger partial charge in [-0.15, -0.1) is 0 Å². The van der Waals surface area contributed by atoms with Gasteiger partial charge in [-0.3, -0.25) is 9.78 Å². The zero-order valence-corrected chi connectivity index (χ0v) is 15.0. The third-order valence-corrected chi connectivity index (χ3v) is 3.78. The van der Waals surface area contributed by atoms with Crippen LogP contribution in [-0.2, 0) is 14.3 Å². The van der Waals surface area contributed by atoms with Crippen molar-refractivity contribution < 1.29 is 24.2 Å². The minimum Gasteiger partial charge on any atom is -0.469 e. The fraction of sp³-hybridized carbons (Fsp3) is 0.588. The summed E-state index contributed by atoms with van der Waals surface area (Å²) in [5.74, 6) is 0.109. The lowest BCUT2D eigenvalue weighted by molar-refractivity contribution is -0.147. The van der Waals surface area contributed by atoms with Crippen LogP contribution in [0.3, 0.4) is 0 Å². The molecule has 7 heteroatoms. The number of aliphatic hydroxyl groups is 1. The fourth-order valence-electron chi connectivity index (χ4n) is 2.24. The Balaban J connectivity index is 0.000000400. The second-order valence-electron chi connectivity index (χ2n) is 5.28. The predicted octanol–water partition coefficient (Wildman–Crippen LogP) is 1.19. The maximum absolute atomic E-state index is 11.1. The molecule has 2 unspecified atom stereocenters. The molecule has 24 heavy (non-hydrogen) atoms. The maximum Gasteiger partial charge on any atom is 0.339 e. The van der Waals surface area contributed by atoms with E-state index < -0.39 is 0 Å². The van der Waals surface area contributed by atoms with Crippen molar-refractivity contribution in [3.8, 4) is 0 Å². The molecular formula is C17H28N2O5. The topological polar surface area (TPSA) is 97.8 Å². The Hall–Kier alpha value is -1.99. The van der Waals surface area contributed by atoms with Crippen molar-refractivity contribution in [3.63, 3.8) is 0 Å². The fourth-order valence-corrected chi connectivity index (χ4v) is 2.24. The molecule has 1 aromatic rings. The minimum absolute atomic E-state index is 0.0637. The summed E-state index contributed by atoms with van der Waals surface area (Å²) in [6.07, 6.45) is 4.21. The Morgan fingerprint density at radius 2 is 1.96 bits per heavy atom. The first kappa shape index (κ1) is 22.0. The molecule has 1 aliphatic rings. The lowest BCUT2D eigenvalue weighted by Gasteiger charge is -2.26. The number of pyridine rings is 1. The van der Waals surface area contributed by atoms with E-state index in [2.05, 4.69) is 26.7 Å². The number of aryl methyl sites for hydroxylation is 1. The van der Waals surface area contributed by atoms with E-state index in [4.69, 9.17) is 5.11 Å². The summed E-state index contributed by atoms with van der Waals surface area (Å²) in [6.45, 7) is 5.73. The summed E-state index contributed by atoms with van der Waals surface area (Å²) in [5.41, 5.74) is 1.40. The average molecular weight is 340 g/mol. The van der Waals surface area contributed by atoms with Gasteiger partial charge in [0.15, 0.2) is 0 Å². The van der Waals surface area contributed by atoms with Crippen LogP contribution in [0, 0.1) is 18.8 Å². The van der Waals surface area contributed by atoms with Gasteiger partial charge in [-0.05, 0) is 37.4 Å². The van der Waals surface area contributed by atoms with E-state index in [1.807, 2.05) is 6.92 Å². The van der Waals surface area contributed by atoms with E-state index in [0.717, 1.165) is 32.2 Å². The number of hydrogen-bond donors (Lipinski definition) is 2. The van der Waals surface area contributed by atoms with Crippen LogP contribution in [0.1, 0.15) is 29.3 Å². The lowest BCUT2D eigenvalue weighted by atomic mass is 9.88. The molecule has 136 valence electrons. The summed E-state index contributed by atoms with van der Waals surface area (Å²) in [4.78, 5) is 25.9. The van der Waals surface area contributed by atoms with E-state index in [0.29, 0.717) is 11.5 Å². The quantitative estimate of drug-likeness (QED) is 0.780. The molecule has 1 fully saturated rings. The average Bonchev–Trinajstić information content (AvgIpc) is 2.63. The van der Waals surface area contributed by atoms with Crippen molar-refractivity contribution in [2.45, 2.75) is 20.3 Å². The zero-order valence-electron chi connectivity index (χ0n) is 15.0. The van der Waals surface area contributed by atoms with Crippen LogP contribution in [0.5, 0.6) is 0 Å². The van der Waals surface area contributed by atoms with Gasteiger partial charge < -0.3 is 19.9 Å². The molecule has 0 saturated carbocycles. The standard InChI is InChI=1S/C8H15NO2.C8H9NO2.CH4O/c2*1-6-3-4-9-5-7(6)8(10)11-2;1-2/h6-7,9H,3-5H2,1-2H3;3-5H,1-2H3;2H,1H3. The van der Waals surface area contributed by atoms with Gasteiger partial charge in [-0.2, -0.15) is 0 Å². The number of rotatable bonds is 2. The Morgan fingerprint density at radius 1 is 1.29 bits per heavy atom. The van der Waals surface area contributed by atoms with E-state index in [9.17, 15) is 9.59 Å². The highest BCUT2D eigenvalue weighted by atomic mass is 16.5. The van der Waals surface area contributed by atoms with Crippen molar-refractivity contribution in [2.75, 3.05) is 34.4 Å². The SMILES string of the molecule is CO.COC(=O)C1CNCCC1C.COC(=O)c1cnccc1C. The van der Waals surface area contributed by atoms with Crippen LogP contribution in [-0.4, -0.2) is 56.4 Å². The number of aromatic nitrogens is 1. The summed E-state index contributed by atoms with van der Waals surface area (Å²) < 4.78 is 9.22. The molecule has 0 radical (unpaired) electrons. The number of piperidine rings is 1. The molecule has 1 saturated heterocycles. The second-order valence-corrected chi connectivity index (χ2v) is 5.28. The maximum atomic E-state index is 11.1. The van der Waals surface area contributed by atoms with Gasteiger partial charge >= 0.3 is 11.9 Å². The third kappa shape index (κ3) is 7.06. The van der Waals surface area contributed by atoms with Crippen molar-refractivity contribution >= 4 is 11.9 Å². The first-order chi connectivity index (χ1) is 11.5. The zero-order chi connectivity index (χ0) is 18.5. The lowest BCUT2D eigenvalue weighted by Crippen LogP contribution is -2.40. The smallest absolute Gasteiger partial charge is 0.339 e. The largest absolute Gasteiger partial charge is 0.469 e. The van der Waals surface area contributed by atoms with Gasteiger partial charge in [0.05, 0.1) is 25.7 Å². The van der Waals surface area contributed by atoms with Gasteiger partial charge in [0.2, 0.25) is 0 Å². The van der Waals surface area contributed by atoms with Crippen LogP contribution in [0.2, 0.25) is 0 Å². The number of aliphatic hydroxyl groups excluding tert-OH is 1. The highest BCUT2D eigenvalue weighted by Gasteiger charge is 2.27. The number of ether oxygens (including phenoxy) is 2. The summed E-state index contributed by atoms with van der Waals surface area (Å²) in [7, 11) is 3.80. The monoisotopic (exact) mass is 340 g/mol. The molecule has 2 N–H and O–H groups in total. The third-order valence-electron chi connectivity index (χ3n) is 3.78. The molecule has 1 aliphatic heterocycles. The van der Waals surface area contributed by atoms with Gasteiger partial charge in [0, 0.05) is 26.0 Å². The van der Waals surface area contributed by atoms with Crippen LogP contribution in [0.25, 0.3) is 0 Å². The number of carbonyl (C=O) groups is 2. The molecular weight excluding hydrogens is 312 g/mol. The number of nitrogens with one attached hydrogen (secondary N) is 1. The Bertz CT molecular complexity index is 508. The molecule has 0 aliphatic carbocycles. The molecule has 2 heterocycles. The van der Waals surface area contributed by atoms with E-state index >= 15 is 0 Å². The van der Waals surface area contributed by atoms with Crippen molar-refractivity contribution in [2.24, 2.45) is 11.8 Å². The molecule has 0 amide bonds. The van der Waals surface area contributed by atoms with Gasteiger partial charge in [-0.1, -0.05) is 6.92 Å². The van der Waals surface area contributed by atoms with Gasteiger partial charge in [0.25, 0.3) is 0 Å². The molecule has 0 bridgehead atoms. The second kappa shape index (κ2) is 12.4. The molecule has 2 atom stereocenters. The highest BCUT2D eigenvalue weighted by Crippen LogP contribution is 2.19. The van der Waals surface area contributed by atoms with E-state index in [1.165, 1.54) is 20.4 Å². The Morgan fingerprint density at radius 3 is 2.46 bits per heavy atom. The van der Waals surface area contributed by atoms with Crippen LogP contribution >= 0.6 is 0 Å². The molecule has 7 nitrogen and oxygen atoms in total. The predicted molar refractivity (Wildman–Crippen MR) is 90.6 cm³/mol. The van der Waals surface area contributed by atoms with Crippen LogP contribution in [0.15, 0.2) is 18.5 Å². The number of nitrogens with zero attached hydrogens (tertiary/aromatic N) is 1. The Labute approximate surface area is 143 Å². The normalized spacial score (nSPS) is 18.9. The number of methoxy groups -OCH3 is 2. The first-order valence-electron chi connectivity index (χ1n) is 7.73. The summed E-state index contributed by atoms with van der Waals surface area (Å²) >= 11 is 0. The summed E-state index contributed by atoms with van der Waals surface area (Å²) in [5, 5.41) is 10.2. The minimum atomic E-state index is -0.337. The highest BCUT2D eigenvalue weighted by molar-refractivity contribution is 5.90. The molecule has 1 aromatic heterocycles. The number of esters is 2. The molecule has 0 aromatic carbocycles. The summed E-state index contributed by atoms with van der Waals surface area (Å²) in [6, 6.07) is 1.77. The molecule has 2 rings (SSSR count). The van der Waals surface area contributed by atoms with E-state index in [-0.39, 0.29) is 17.9 Å². The number of carbonyl (C=O) groups excluding carboxylic acids is 2. The number of hydrogen-bond acceptors (Lipinski definition) is 7. The first-order valence-corrected chi connectivity index (χ1v) is 7.73. The molecule has 0 spiro atoms.